The van der Waals surface area contributed by atoms with Gasteiger partial charge in [-0.2, -0.15) is 0 Å². The van der Waals surface area contributed by atoms with Gasteiger partial charge in [-0.1, -0.05) is 59.3 Å². The first kappa shape index (κ1) is 16.1. The first-order chi connectivity index (χ1) is 9.12. The zero-order valence-corrected chi connectivity index (χ0v) is 13.2. The molecule has 0 spiro atoms. The van der Waals surface area contributed by atoms with Gasteiger partial charge in [0.05, 0.1) is 0 Å². The molecule has 0 N–H and O–H groups in total. The van der Waals surface area contributed by atoms with Crippen molar-refractivity contribution in [2.45, 2.75) is 84.5 Å². The van der Waals surface area contributed by atoms with Crippen molar-refractivity contribution in [3.05, 3.63) is 23.8 Å². The lowest BCUT2D eigenvalue weighted by Crippen LogP contribution is -2.23. The predicted molar refractivity (Wildman–Crippen MR) is 82.4 cm³/mol. The highest BCUT2D eigenvalue weighted by Crippen LogP contribution is 2.33. The molecule has 0 radical (unpaired) electrons. The number of hydrogen-bond donors (Lipinski definition) is 0. The molecule has 0 amide bonds. The van der Waals surface area contributed by atoms with E-state index in [0.717, 1.165) is 5.69 Å². The summed E-state index contributed by atoms with van der Waals surface area (Å²) in [6.07, 6.45) is 12.1. The van der Waals surface area contributed by atoms with Crippen molar-refractivity contribution in [3.8, 4) is 0 Å². The van der Waals surface area contributed by atoms with Crippen LogP contribution in [0.2, 0.25) is 0 Å². The largest absolute Gasteiger partial charge is 0.242 e. The Kier molecular flexibility index (Phi) is 7.04. The van der Waals surface area contributed by atoms with E-state index in [1.54, 1.807) is 6.33 Å². The standard InChI is InChI=1S/C17H30N2/c1-5-7-8-9-10-12-17(4,11-6-2)16-13-15(3)18-14-19-16/h13-14H,5-12H2,1-4H3. The SMILES string of the molecule is CCCCCCCC(C)(CCC)c1cc(C)ncn1. The van der Waals surface area contributed by atoms with E-state index < -0.39 is 0 Å². The quantitative estimate of drug-likeness (QED) is 0.571. The zero-order valence-electron chi connectivity index (χ0n) is 13.2. The Morgan fingerprint density at radius 1 is 0.947 bits per heavy atom. The zero-order chi connectivity index (χ0) is 14.1. The summed E-state index contributed by atoms with van der Waals surface area (Å²) in [5, 5.41) is 0. The minimum atomic E-state index is 0.231. The number of aryl methyl sites for hydroxylation is 1. The Morgan fingerprint density at radius 3 is 2.32 bits per heavy atom. The van der Waals surface area contributed by atoms with Gasteiger partial charge in [-0.25, -0.2) is 9.97 Å². The third kappa shape index (κ3) is 5.30. The van der Waals surface area contributed by atoms with Crippen LogP contribution in [-0.2, 0) is 5.41 Å². The summed E-state index contributed by atoms with van der Waals surface area (Å²) in [6.45, 7) is 8.96. The van der Waals surface area contributed by atoms with Gasteiger partial charge in [0.2, 0.25) is 0 Å². The highest BCUT2D eigenvalue weighted by molar-refractivity contribution is 5.17. The summed E-state index contributed by atoms with van der Waals surface area (Å²) < 4.78 is 0. The minimum absolute atomic E-state index is 0.231. The highest BCUT2D eigenvalue weighted by Gasteiger charge is 2.26. The summed E-state index contributed by atoms with van der Waals surface area (Å²) in [4.78, 5) is 8.76. The molecule has 2 heteroatoms. The molecule has 0 bridgehead atoms. The Balaban J connectivity index is 2.63. The molecule has 1 aromatic heterocycles. The van der Waals surface area contributed by atoms with E-state index in [-0.39, 0.29) is 5.41 Å². The second kappa shape index (κ2) is 8.29. The van der Waals surface area contributed by atoms with Crippen LogP contribution in [0.15, 0.2) is 12.4 Å². The van der Waals surface area contributed by atoms with Gasteiger partial charge in [0.15, 0.2) is 0 Å². The lowest BCUT2D eigenvalue weighted by atomic mass is 9.77. The molecular formula is C17H30N2. The van der Waals surface area contributed by atoms with Gasteiger partial charge in [0, 0.05) is 16.8 Å². The van der Waals surface area contributed by atoms with Gasteiger partial charge < -0.3 is 0 Å². The molecule has 0 saturated carbocycles. The van der Waals surface area contributed by atoms with Crippen LogP contribution in [0.25, 0.3) is 0 Å². The second-order valence-electron chi connectivity index (χ2n) is 6.02. The van der Waals surface area contributed by atoms with E-state index in [0.29, 0.717) is 0 Å². The first-order valence-corrected chi connectivity index (χ1v) is 7.91. The Morgan fingerprint density at radius 2 is 1.68 bits per heavy atom. The van der Waals surface area contributed by atoms with Crippen molar-refractivity contribution in [1.82, 2.24) is 9.97 Å². The van der Waals surface area contributed by atoms with Crippen LogP contribution in [0.4, 0.5) is 0 Å². The van der Waals surface area contributed by atoms with Gasteiger partial charge in [-0.05, 0) is 25.8 Å². The summed E-state index contributed by atoms with van der Waals surface area (Å²) in [5.74, 6) is 0. The summed E-state index contributed by atoms with van der Waals surface area (Å²) in [7, 11) is 0. The maximum atomic E-state index is 4.53. The van der Waals surface area contributed by atoms with Crippen molar-refractivity contribution >= 4 is 0 Å². The fraction of sp³-hybridized carbons (Fsp3) is 0.765. The first-order valence-electron chi connectivity index (χ1n) is 7.91. The summed E-state index contributed by atoms with van der Waals surface area (Å²) in [5.41, 5.74) is 2.55. The average Bonchev–Trinajstić information content (AvgIpc) is 2.39. The van der Waals surface area contributed by atoms with Crippen molar-refractivity contribution in [2.75, 3.05) is 0 Å². The Labute approximate surface area is 119 Å². The smallest absolute Gasteiger partial charge is 0.115 e. The number of rotatable bonds is 9. The van der Waals surface area contributed by atoms with Crippen LogP contribution in [0.1, 0.15) is 83.5 Å². The molecule has 1 aromatic rings. The van der Waals surface area contributed by atoms with Gasteiger partial charge in [0.25, 0.3) is 0 Å². The molecule has 1 atom stereocenters. The van der Waals surface area contributed by atoms with Gasteiger partial charge in [-0.3, -0.25) is 0 Å². The van der Waals surface area contributed by atoms with E-state index in [9.17, 15) is 0 Å². The maximum absolute atomic E-state index is 4.53. The predicted octanol–water partition coefficient (Wildman–Crippen LogP) is 5.20. The van der Waals surface area contributed by atoms with Crippen molar-refractivity contribution < 1.29 is 0 Å². The molecule has 0 saturated heterocycles. The maximum Gasteiger partial charge on any atom is 0.115 e. The molecule has 0 aliphatic rings. The summed E-state index contributed by atoms with van der Waals surface area (Å²) in [6, 6.07) is 2.17. The van der Waals surface area contributed by atoms with Crippen molar-refractivity contribution in [1.29, 1.82) is 0 Å². The summed E-state index contributed by atoms with van der Waals surface area (Å²) >= 11 is 0. The number of hydrogen-bond acceptors (Lipinski definition) is 2. The van der Waals surface area contributed by atoms with Gasteiger partial charge in [-0.15, -0.1) is 0 Å². The van der Waals surface area contributed by atoms with Crippen LogP contribution in [-0.4, -0.2) is 9.97 Å². The fourth-order valence-corrected chi connectivity index (χ4v) is 2.84. The van der Waals surface area contributed by atoms with E-state index >= 15 is 0 Å². The molecule has 1 unspecified atom stereocenters. The molecule has 0 aromatic carbocycles. The molecule has 1 rings (SSSR count). The minimum Gasteiger partial charge on any atom is -0.242 e. The van der Waals surface area contributed by atoms with Crippen molar-refractivity contribution in [3.63, 3.8) is 0 Å². The Hall–Kier alpha value is -0.920. The normalized spacial score (nSPS) is 14.3. The molecule has 2 nitrogen and oxygen atoms in total. The highest BCUT2D eigenvalue weighted by atomic mass is 14.8. The third-order valence-corrected chi connectivity index (χ3v) is 4.06. The molecule has 0 aliphatic heterocycles. The van der Waals surface area contributed by atoms with Crippen LogP contribution >= 0.6 is 0 Å². The van der Waals surface area contributed by atoms with Crippen LogP contribution in [0.3, 0.4) is 0 Å². The van der Waals surface area contributed by atoms with Gasteiger partial charge in [0.1, 0.15) is 6.33 Å². The monoisotopic (exact) mass is 262 g/mol. The van der Waals surface area contributed by atoms with E-state index in [2.05, 4.69) is 43.7 Å². The van der Waals surface area contributed by atoms with Gasteiger partial charge >= 0.3 is 0 Å². The van der Waals surface area contributed by atoms with Crippen molar-refractivity contribution in [2.24, 2.45) is 0 Å². The number of unbranched alkanes of at least 4 members (excludes halogenated alkanes) is 4. The molecule has 108 valence electrons. The molecular weight excluding hydrogens is 232 g/mol. The van der Waals surface area contributed by atoms with E-state index in [1.807, 2.05) is 0 Å². The lowest BCUT2D eigenvalue weighted by Gasteiger charge is -2.29. The average molecular weight is 262 g/mol. The Bertz CT molecular complexity index is 362. The van der Waals surface area contributed by atoms with Crippen LogP contribution in [0.5, 0.6) is 0 Å². The lowest BCUT2D eigenvalue weighted by molar-refractivity contribution is 0.366. The molecule has 19 heavy (non-hydrogen) atoms. The number of aromatic nitrogens is 2. The second-order valence-corrected chi connectivity index (χ2v) is 6.02. The van der Waals surface area contributed by atoms with Crippen LogP contribution in [0, 0.1) is 6.92 Å². The molecule has 0 fully saturated rings. The molecule has 0 aliphatic carbocycles. The third-order valence-electron chi connectivity index (χ3n) is 4.06. The van der Waals surface area contributed by atoms with Crippen LogP contribution < -0.4 is 0 Å². The molecule has 1 heterocycles. The van der Waals surface area contributed by atoms with E-state index in [1.165, 1.54) is 57.1 Å². The topological polar surface area (TPSA) is 25.8 Å². The fourth-order valence-electron chi connectivity index (χ4n) is 2.84. The van der Waals surface area contributed by atoms with E-state index in [4.69, 9.17) is 0 Å². The number of nitrogens with zero attached hydrogens (tertiary/aromatic N) is 2.